The van der Waals surface area contributed by atoms with Crippen molar-refractivity contribution in [2.45, 2.75) is 38.8 Å². The first kappa shape index (κ1) is 14.4. The fourth-order valence-corrected chi connectivity index (χ4v) is 3.10. The first-order chi connectivity index (χ1) is 9.17. The van der Waals surface area contributed by atoms with Crippen LogP contribution in [-0.2, 0) is 6.42 Å². The molecule has 0 saturated carbocycles. The molecule has 1 fully saturated rings. The van der Waals surface area contributed by atoms with Gasteiger partial charge in [0.2, 0.25) is 0 Å². The Morgan fingerprint density at radius 2 is 2.00 bits per heavy atom. The fourth-order valence-electron chi connectivity index (χ4n) is 3.10. The maximum atomic E-state index is 9.21. The van der Waals surface area contributed by atoms with Crippen molar-refractivity contribution >= 4 is 5.69 Å². The van der Waals surface area contributed by atoms with Crippen molar-refractivity contribution in [1.82, 2.24) is 4.90 Å². The summed E-state index contributed by atoms with van der Waals surface area (Å²) in [4.78, 5) is 4.89. The van der Waals surface area contributed by atoms with E-state index in [2.05, 4.69) is 55.0 Å². The number of piperazine rings is 1. The second-order valence-corrected chi connectivity index (χ2v) is 5.59. The smallest absolute Gasteiger partial charge is 0.0446 e. The van der Waals surface area contributed by atoms with Crippen molar-refractivity contribution in [3.05, 3.63) is 29.8 Å². The Hall–Kier alpha value is -1.06. The van der Waals surface area contributed by atoms with Crippen LogP contribution in [0.25, 0.3) is 0 Å². The van der Waals surface area contributed by atoms with Gasteiger partial charge in [-0.1, -0.05) is 25.1 Å². The largest absolute Gasteiger partial charge is 0.396 e. The van der Waals surface area contributed by atoms with E-state index in [4.69, 9.17) is 0 Å². The maximum Gasteiger partial charge on any atom is 0.0446 e. The van der Waals surface area contributed by atoms with Gasteiger partial charge in [-0.05, 0) is 38.4 Å². The highest BCUT2D eigenvalue weighted by Gasteiger charge is 2.29. The lowest BCUT2D eigenvalue weighted by Gasteiger charge is -2.45. The average molecular weight is 262 g/mol. The van der Waals surface area contributed by atoms with E-state index in [-0.39, 0.29) is 6.61 Å². The van der Waals surface area contributed by atoms with Crippen LogP contribution in [0.1, 0.15) is 25.8 Å². The van der Waals surface area contributed by atoms with E-state index in [1.54, 1.807) is 0 Å². The molecule has 2 atom stereocenters. The molecule has 2 unspecified atom stereocenters. The van der Waals surface area contributed by atoms with E-state index >= 15 is 0 Å². The van der Waals surface area contributed by atoms with Gasteiger partial charge in [-0.3, -0.25) is 4.90 Å². The zero-order valence-electron chi connectivity index (χ0n) is 12.3. The summed E-state index contributed by atoms with van der Waals surface area (Å²) in [5.74, 6) is 0. The molecule has 2 rings (SSSR count). The third kappa shape index (κ3) is 3.10. The molecule has 106 valence electrons. The molecule has 1 aromatic carbocycles. The summed E-state index contributed by atoms with van der Waals surface area (Å²) < 4.78 is 0. The summed E-state index contributed by atoms with van der Waals surface area (Å²) in [7, 11) is 2.17. The monoisotopic (exact) mass is 262 g/mol. The molecule has 3 nitrogen and oxygen atoms in total. The van der Waals surface area contributed by atoms with E-state index in [1.165, 1.54) is 11.3 Å². The van der Waals surface area contributed by atoms with Gasteiger partial charge in [0.15, 0.2) is 0 Å². The topological polar surface area (TPSA) is 26.7 Å². The molecule has 19 heavy (non-hydrogen) atoms. The molecule has 0 aromatic heterocycles. The molecule has 0 aliphatic carbocycles. The van der Waals surface area contributed by atoms with Crippen molar-refractivity contribution in [1.29, 1.82) is 0 Å². The molecule has 0 spiro atoms. The molecular formula is C16H26N2O. The molecule has 0 bridgehead atoms. The van der Waals surface area contributed by atoms with Crippen LogP contribution in [0.15, 0.2) is 24.3 Å². The van der Waals surface area contributed by atoms with Crippen LogP contribution < -0.4 is 4.90 Å². The van der Waals surface area contributed by atoms with Crippen molar-refractivity contribution in [3.8, 4) is 0 Å². The summed E-state index contributed by atoms with van der Waals surface area (Å²) in [6, 6.07) is 9.67. The molecule has 3 heteroatoms. The molecule has 0 amide bonds. The Labute approximate surface area is 116 Å². The van der Waals surface area contributed by atoms with Crippen LogP contribution in [0.4, 0.5) is 5.69 Å². The van der Waals surface area contributed by atoms with Gasteiger partial charge >= 0.3 is 0 Å². The molecule has 1 aromatic rings. The number of benzene rings is 1. The second kappa shape index (κ2) is 6.40. The molecule has 1 saturated heterocycles. The van der Waals surface area contributed by atoms with Gasteiger partial charge in [0.1, 0.15) is 0 Å². The van der Waals surface area contributed by atoms with Crippen LogP contribution in [0.2, 0.25) is 0 Å². The van der Waals surface area contributed by atoms with Crippen LogP contribution in [0.5, 0.6) is 0 Å². The van der Waals surface area contributed by atoms with Gasteiger partial charge < -0.3 is 10.0 Å². The number of aliphatic hydroxyl groups is 1. The van der Waals surface area contributed by atoms with Gasteiger partial charge in [-0.2, -0.15) is 0 Å². The van der Waals surface area contributed by atoms with Crippen LogP contribution >= 0.6 is 0 Å². The van der Waals surface area contributed by atoms with Crippen molar-refractivity contribution in [2.75, 3.05) is 31.6 Å². The Morgan fingerprint density at radius 3 is 2.68 bits per heavy atom. The fraction of sp³-hybridized carbons (Fsp3) is 0.625. The molecule has 1 heterocycles. The molecule has 1 N–H and O–H groups in total. The maximum absolute atomic E-state index is 9.21. The van der Waals surface area contributed by atoms with Crippen LogP contribution in [-0.4, -0.2) is 48.8 Å². The summed E-state index contributed by atoms with van der Waals surface area (Å²) in [5.41, 5.74) is 2.79. The number of para-hydroxylation sites is 1. The van der Waals surface area contributed by atoms with Gasteiger partial charge in [0.05, 0.1) is 0 Å². The predicted octanol–water partition coefficient (Wildman–Crippen LogP) is 2.14. The van der Waals surface area contributed by atoms with E-state index in [1.807, 2.05) is 0 Å². The quantitative estimate of drug-likeness (QED) is 0.900. The number of nitrogens with zero attached hydrogens (tertiary/aromatic N) is 2. The Morgan fingerprint density at radius 1 is 1.26 bits per heavy atom. The van der Waals surface area contributed by atoms with Gasteiger partial charge in [-0.15, -0.1) is 0 Å². The molecule has 0 radical (unpaired) electrons. The number of hydrogen-bond donors (Lipinski definition) is 1. The Kier molecular flexibility index (Phi) is 4.83. The highest BCUT2D eigenvalue weighted by atomic mass is 16.3. The zero-order chi connectivity index (χ0) is 13.8. The highest BCUT2D eigenvalue weighted by molar-refractivity contribution is 5.55. The second-order valence-electron chi connectivity index (χ2n) is 5.59. The van der Waals surface area contributed by atoms with Crippen molar-refractivity contribution < 1.29 is 5.11 Å². The predicted molar refractivity (Wildman–Crippen MR) is 80.7 cm³/mol. The molecular weight excluding hydrogens is 236 g/mol. The highest BCUT2D eigenvalue weighted by Crippen LogP contribution is 2.27. The SMILES string of the molecule is CCc1ccccc1N1CC(CCO)N(C)CC1C. The van der Waals surface area contributed by atoms with Crippen molar-refractivity contribution in [3.63, 3.8) is 0 Å². The Balaban J connectivity index is 2.22. The first-order valence-corrected chi connectivity index (χ1v) is 7.33. The minimum absolute atomic E-state index is 0.270. The van der Waals surface area contributed by atoms with Crippen LogP contribution in [0, 0.1) is 0 Å². The third-order valence-corrected chi connectivity index (χ3v) is 4.26. The summed E-state index contributed by atoms with van der Waals surface area (Å²) >= 11 is 0. The number of likely N-dealkylation sites (N-methyl/N-ethyl adjacent to an activating group) is 1. The third-order valence-electron chi connectivity index (χ3n) is 4.26. The summed E-state index contributed by atoms with van der Waals surface area (Å²) in [6.07, 6.45) is 1.92. The Bertz CT molecular complexity index is 407. The van der Waals surface area contributed by atoms with E-state index in [0.717, 1.165) is 25.9 Å². The van der Waals surface area contributed by atoms with E-state index in [9.17, 15) is 5.11 Å². The lowest BCUT2D eigenvalue weighted by atomic mass is 10.0. The summed E-state index contributed by atoms with van der Waals surface area (Å²) in [6.45, 7) is 6.84. The van der Waals surface area contributed by atoms with Gasteiger partial charge in [0.25, 0.3) is 0 Å². The first-order valence-electron chi connectivity index (χ1n) is 7.33. The lowest BCUT2D eigenvalue weighted by molar-refractivity contribution is 0.154. The average Bonchev–Trinajstić information content (AvgIpc) is 2.42. The minimum atomic E-state index is 0.270. The normalized spacial score (nSPS) is 24.7. The molecule has 1 aliphatic rings. The number of hydrogen-bond acceptors (Lipinski definition) is 3. The van der Waals surface area contributed by atoms with Gasteiger partial charge in [-0.25, -0.2) is 0 Å². The van der Waals surface area contributed by atoms with E-state index in [0.29, 0.717) is 12.1 Å². The minimum Gasteiger partial charge on any atom is -0.396 e. The molecule has 1 aliphatic heterocycles. The number of aryl methyl sites for hydroxylation is 1. The number of aliphatic hydroxyl groups excluding tert-OH is 1. The van der Waals surface area contributed by atoms with Gasteiger partial charge in [0, 0.05) is 37.5 Å². The standard InChI is InChI=1S/C16H26N2O/c1-4-14-7-5-6-8-16(14)18-12-15(9-10-19)17(3)11-13(18)2/h5-8,13,15,19H,4,9-12H2,1-3H3. The van der Waals surface area contributed by atoms with Crippen molar-refractivity contribution in [2.24, 2.45) is 0 Å². The van der Waals surface area contributed by atoms with Crippen LogP contribution in [0.3, 0.4) is 0 Å². The van der Waals surface area contributed by atoms with E-state index < -0.39 is 0 Å². The zero-order valence-corrected chi connectivity index (χ0v) is 12.3. The number of rotatable bonds is 4. The summed E-state index contributed by atoms with van der Waals surface area (Å²) in [5, 5.41) is 9.21. The number of anilines is 1. The lowest BCUT2D eigenvalue weighted by Crippen LogP contribution is -2.56.